The maximum Gasteiger partial charge on any atom is 0.257 e. The molecular weight excluding hydrogens is 364 g/mol. The summed E-state index contributed by atoms with van der Waals surface area (Å²) in [7, 11) is 0. The Morgan fingerprint density at radius 1 is 1.14 bits per heavy atom. The Morgan fingerprint density at radius 3 is 2.64 bits per heavy atom. The van der Waals surface area contributed by atoms with Crippen LogP contribution >= 0.6 is 0 Å². The Bertz CT molecular complexity index is 1030. The van der Waals surface area contributed by atoms with Crippen LogP contribution in [0.25, 0.3) is 0 Å². The van der Waals surface area contributed by atoms with Crippen LogP contribution in [-0.4, -0.2) is 10.9 Å². The second-order valence-corrected chi connectivity index (χ2v) is 5.86. The minimum atomic E-state index is -0.498. The van der Waals surface area contributed by atoms with Crippen LogP contribution in [0.3, 0.4) is 0 Å². The predicted molar refractivity (Wildman–Crippen MR) is 97.6 cm³/mol. The number of rotatable bonds is 6. The van der Waals surface area contributed by atoms with Gasteiger partial charge in [0.05, 0.1) is 12.5 Å². The van der Waals surface area contributed by atoms with E-state index in [9.17, 15) is 13.6 Å². The highest BCUT2D eigenvalue weighted by molar-refractivity contribution is 5.96. The molecule has 3 rings (SSSR count). The highest BCUT2D eigenvalue weighted by atomic mass is 19.1. The van der Waals surface area contributed by atoms with Crippen molar-refractivity contribution in [2.24, 2.45) is 0 Å². The van der Waals surface area contributed by atoms with Crippen LogP contribution in [0.5, 0.6) is 11.6 Å². The molecule has 1 aromatic heterocycles. The van der Waals surface area contributed by atoms with Crippen molar-refractivity contribution < 1.29 is 18.3 Å². The van der Waals surface area contributed by atoms with E-state index in [0.717, 1.165) is 0 Å². The average Bonchev–Trinajstić information content (AvgIpc) is 2.69. The van der Waals surface area contributed by atoms with E-state index in [4.69, 9.17) is 10.00 Å². The van der Waals surface area contributed by atoms with Gasteiger partial charge in [0, 0.05) is 18.3 Å². The van der Waals surface area contributed by atoms with E-state index in [1.807, 2.05) is 6.07 Å². The summed E-state index contributed by atoms with van der Waals surface area (Å²) < 4.78 is 32.7. The molecule has 0 aliphatic heterocycles. The maximum atomic E-state index is 14.1. The van der Waals surface area contributed by atoms with Crippen LogP contribution < -0.4 is 10.1 Å². The fourth-order valence-corrected chi connectivity index (χ4v) is 2.47. The number of ether oxygens (including phenoxy) is 1. The molecule has 5 nitrogen and oxygen atoms in total. The predicted octanol–water partition coefficient (Wildman–Crippen LogP) is 4.15. The highest BCUT2D eigenvalue weighted by Gasteiger charge is 2.15. The lowest BCUT2D eigenvalue weighted by molar-refractivity contribution is 0.0947. The molecule has 0 aliphatic rings. The summed E-state index contributed by atoms with van der Waals surface area (Å²) in [5.41, 5.74) is 1.02. The van der Waals surface area contributed by atoms with Gasteiger partial charge in [-0.1, -0.05) is 12.1 Å². The van der Waals surface area contributed by atoms with Gasteiger partial charge in [0.2, 0.25) is 5.88 Å². The average molecular weight is 379 g/mol. The molecule has 0 saturated carbocycles. The normalized spacial score (nSPS) is 10.2. The molecule has 28 heavy (non-hydrogen) atoms. The topological polar surface area (TPSA) is 75.0 Å². The number of halogens is 2. The third-order valence-electron chi connectivity index (χ3n) is 3.88. The molecule has 0 spiro atoms. The van der Waals surface area contributed by atoms with E-state index < -0.39 is 17.5 Å². The van der Waals surface area contributed by atoms with Crippen LogP contribution in [0.15, 0.2) is 60.8 Å². The number of carbonyl (C=O) groups excluding carboxylic acids is 1. The van der Waals surface area contributed by atoms with Gasteiger partial charge in [-0.2, -0.15) is 5.26 Å². The van der Waals surface area contributed by atoms with Gasteiger partial charge in [-0.3, -0.25) is 4.79 Å². The quantitative estimate of drug-likeness (QED) is 0.698. The molecule has 1 amide bonds. The number of benzene rings is 2. The third-order valence-corrected chi connectivity index (χ3v) is 3.88. The fraction of sp³-hybridized carbons (Fsp3) is 0.0952. The lowest BCUT2D eigenvalue weighted by Crippen LogP contribution is -2.24. The van der Waals surface area contributed by atoms with Crippen molar-refractivity contribution in [3.63, 3.8) is 0 Å². The van der Waals surface area contributed by atoms with Gasteiger partial charge in [0.25, 0.3) is 5.91 Å². The Labute approximate surface area is 160 Å². The molecule has 0 radical (unpaired) electrons. The van der Waals surface area contributed by atoms with Crippen molar-refractivity contribution in [2.45, 2.75) is 13.0 Å². The minimum absolute atomic E-state index is 0.0393. The number of nitriles is 1. The van der Waals surface area contributed by atoms with Gasteiger partial charge >= 0.3 is 0 Å². The molecule has 0 saturated heterocycles. The summed E-state index contributed by atoms with van der Waals surface area (Å²) in [5.74, 6) is -1.02. The van der Waals surface area contributed by atoms with E-state index in [1.165, 1.54) is 48.7 Å². The molecule has 7 heteroatoms. The number of hydrogen-bond donors (Lipinski definition) is 1. The van der Waals surface area contributed by atoms with Crippen molar-refractivity contribution in [2.75, 3.05) is 0 Å². The van der Waals surface area contributed by atoms with Crippen LogP contribution in [0.4, 0.5) is 8.78 Å². The number of hydrogen-bond acceptors (Lipinski definition) is 4. The van der Waals surface area contributed by atoms with E-state index in [0.29, 0.717) is 16.9 Å². The van der Waals surface area contributed by atoms with Crippen molar-refractivity contribution in [1.82, 2.24) is 10.3 Å². The zero-order chi connectivity index (χ0) is 19.9. The maximum absolute atomic E-state index is 14.1. The molecule has 0 fully saturated rings. The summed E-state index contributed by atoms with van der Waals surface area (Å²) in [5, 5.41) is 11.3. The second kappa shape index (κ2) is 8.73. The minimum Gasteiger partial charge on any atom is -0.438 e. The highest BCUT2D eigenvalue weighted by Crippen LogP contribution is 2.23. The van der Waals surface area contributed by atoms with Crippen LogP contribution in [0, 0.1) is 23.0 Å². The molecule has 1 heterocycles. The molecule has 1 N–H and O–H groups in total. The second-order valence-electron chi connectivity index (χ2n) is 5.86. The van der Waals surface area contributed by atoms with E-state index in [-0.39, 0.29) is 24.4 Å². The van der Waals surface area contributed by atoms with Crippen molar-refractivity contribution >= 4 is 5.91 Å². The van der Waals surface area contributed by atoms with E-state index >= 15 is 0 Å². The Kier molecular flexibility index (Phi) is 5.92. The van der Waals surface area contributed by atoms with Gasteiger partial charge in [-0.25, -0.2) is 13.8 Å². The van der Waals surface area contributed by atoms with Gasteiger partial charge in [-0.05, 0) is 48.0 Å². The lowest BCUT2D eigenvalue weighted by Gasteiger charge is -2.11. The number of aromatic nitrogens is 1. The summed E-state index contributed by atoms with van der Waals surface area (Å²) in [6.45, 7) is -0.0393. The molecular formula is C21H15F2N3O2. The summed E-state index contributed by atoms with van der Waals surface area (Å²) >= 11 is 0. The zero-order valence-electron chi connectivity index (χ0n) is 14.7. The fourth-order valence-electron chi connectivity index (χ4n) is 2.47. The monoisotopic (exact) mass is 379 g/mol. The molecule has 0 atom stereocenters. The number of nitrogens with zero attached hydrogens (tertiary/aromatic N) is 2. The first-order valence-corrected chi connectivity index (χ1v) is 8.37. The molecule has 2 aromatic carbocycles. The van der Waals surface area contributed by atoms with Gasteiger partial charge < -0.3 is 10.1 Å². The number of pyridine rings is 1. The standard InChI is InChI=1S/C21H15F2N3O2/c22-16-5-7-17(8-6-16)28-21-18(2-1-11-25-21)20(27)26-13-15-4-3-14(9-10-24)12-19(15)23/h1-8,11-12H,9,13H2,(H,26,27). The van der Waals surface area contributed by atoms with Crippen molar-refractivity contribution in [3.8, 4) is 17.7 Å². The summed E-state index contributed by atoms with van der Waals surface area (Å²) in [4.78, 5) is 16.5. The Morgan fingerprint density at radius 2 is 1.93 bits per heavy atom. The first kappa shape index (κ1) is 19.0. The smallest absolute Gasteiger partial charge is 0.257 e. The Hall–Kier alpha value is -3.79. The molecule has 0 unspecified atom stereocenters. The summed E-state index contributed by atoms with van der Waals surface area (Å²) in [6, 6.07) is 14.8. The van der Waals surface area contributed by atoms with Gasteiger partial charge in [0.1, 0.15) is 22.9 Å². The number of nitrogens with one attached hydrogen (secondary N) is 1. The van der Waals surface area contributed by atoms with Gasteiger partial charge in [-0.15, -0.1) is 0 Å². The van der Waals surface area contributed by atoms with Crippen LogP contribution in [0.1, 0.15) is 21.5 Å². The van der Waals surface area contributed by atoms with Crippen molar-refractivity contribution in [1.29, 1.82) is 5.26 Å². The molecule has 140 valence electrons. The van der Waals surface area contributed by atoms with Crippen molar-refractivity contribution in [3.05, 3.63) is 89.1 Å². The zero-order valence-corrected chi connectivity index (χ0v) is 14.7. The SMILES string of the molecule is N#CCc1ccc(CNC(=O)c2cccnc2Oc2ccc(F)cc2)c(F)c1. The van der Waals surface area contributed by atoms with E-state index in [2.05, 4.69) is 10.3 Å². The van der Waals surface area contributed by atoms with Gasteiger partial charge in [0.15, 0.2) is 0 Å². The largest absolute Gasteiger partial charge is 0.438 e. The summed E-state index contributed by atoms with van der Waals surface area (Å²) in [6.07, 6.45) is 1.58. The van der Waals surface area contributed by atoms with E-state index in [1.54, 1.807) is 12.1 Å². The number of carbonyl (C=O) groups is 1. The Balaban J connectivity index is 1.71. The number of amides is 1. The molecule has 3 aromatic rings. The first-order valence-electron chi connectivity index (χ1n) is 8.37. The van der Waals surface area contributed by atoms with Crippen LogP contribution in [0.2, 0.25) is 0 Å². The van der Waals surface area contributed by atoms with Crippen LogP contribution in [-0.2, 0) is 13.0 Å². The first-order chi connectivity index (χ1) is 13.6. The molecule has 0 aliphatic carbocycles. The molecule has 0 bridgehead atoms. The third kappa shape index (κ3) is 4.68. The lowest BCUT2D eigenvalue weighted by atomic mass is 10.1.